The summed E-state index contributed by atoms with van der Waals surface area (Å²) in [4.78, 5) is 24.9. The van der Waals surface area contributed by atoms with Crippen molar-refractivity contribution in [1.29, 1.82) is 0 Å². The van der Waals surface area contributed by atoms with Gasteiger partial charge in [-0.25, -0.2) is 0 Å². The van der Waals surface area contributed by atoms with Crippen LogP contribution >= 0.6 is 0 Å². The van der Waals surface area contributed by atoms with Gasteiger partial charge in [0.25, 0.3) is 5.91 Å². The van der Waals surface area contributed by atoms with Crippen LogP contribution in [0.25, 0.3) is 0 Å². The summed E-state index contributed by atoms with van der Waals surface area (Å²) < 4.78 is 5.45. The number of carboxylic acid groups (broad SMARTS) is 1. The lowest BCUT2D eigenvalue weighted by atomic mass is 10.1. The van der Waals surface area contributed by atoms with Crippen LogP contribution in [-0.4, -0.2) is 41.6 Å². The molecule has 21 heavy (non-hydrogen) atoms. The highest BCUT2D eigenvalue weighted by Crippen LogP contribution is 2.20. The van der Waals surface area contributed by atoms with Crippen molar-refractivity contribution in [2.24, 2.45) is 5.92 Å². The van der Waals surface area contributed by atoms with Crippen LogP contribution in [0.3, 0.4) is 0 Å². The van der Waals surface area contributed by atoms with Gasteiger partial charge in [-0.15, -0.1) is 0 Å². The number of aliphatic carboxylic acids is 1. The lowest BCUT2D eigenvalue weighted by molar-refractivity contribution is -0.141. The molecule has 0 aromatic heterocycles. The molecular weight excluding hydrogens is 270 g/mol. The number of carbonyl (C=O) groups is 2. The molecule has 0 fully saturated rings. The average molecular weight is 293 g/mol. The molecule has 0 unspecified atom stereocenters. The minimum Gasteiger partial charge on any atom is -0.494 e. The van der Waals surface area contributed by atoms with E-state index in [4.69, 9.17) is 9.84 Å². The highest BCUT2D eigenvalue weighted by atomic mass is 16.5. The van der Waals surface area contributed by atoms with Crippen LogP contribution in [0.15, 0.2) is 18.2 Å². The van der Waals surface area contributed by atoms with Gasteiger partial charge in [0.1, 0.15) is 5.75 Å². The molecule has 0 aliphatic carbocycles. The summed E-state index contributed by atoms with van der Waals surface area (Å²) in [5.41, 5.74) is 1.44. The first-order valence-corrected chi connectivity index (χ1v) is 7.16. The first-order valence-electron chi connectivity index (χ1n) is 7.16. The van der Waals surface area contributed by atoms with E-state index in [0.29, 0.717) is 18.7 Å². The van der Waals surface area contributed by atoms with Crippen LogP contribution < -0.4 is 4.74 Å². The first kappa shape index (κ1) is 17.0. The molecule has 0 aliphatic heterocycles. The third-order valence-corrected chi connectivity index (χ3v) is 3.31. The predicted molar refractivity (Wildman–Crippen MR) is 80.7 cm³/mol. The molecule has 0 saturated heterocycles. The highest BCUT2D eigenvalue weighted by Gasteiger charge is 2.20. The normalized spacial score (nSPS) is 11.8. The van der Waals surface area contributed by atoms with E-state index in [1.165, 1.54) is 0 Å². The van der Waals surface area contributed by atoms with Gasteiger partial charge in [-0.3, -0.25) is 9.59 Å². The van der Waals surface area contributed by atoms with Crippen molar-refractivity contribution in [2.75, 3.05) is 19.7 Å². The van der Waals surface area contributed by atoms with Crippen molar-refractivity contribution in [3.8, 4) is 5.75 Å². The molecule has 0 spiro atoms. The predicted octanol–water partition coefficient (Wildman–Crippen LogP) is 2.58. The summed E-state index contributed by atoms with van der Waals surface area (Å²) in [5.74, 6) is -0.880. The van der Waals surface area contributed by atoms with Gasteiger partial charge in [0, 0.05) is 18.7 Å². The molecule has 1 rings (SSSR count). The Bertz CT molecular complexity index is 513. The van der Waals surface area contributed by atoms with Gasteiger partial charge in [0.15, 0.2) is 0 Å². The van der Waals surface area contributed by atoms with Crippen LogP contribution in [0, 0.1) is 12.8 Å². The number of carboxylic acids is 1. The largest absolute Gasteiger partial charge is 0.494 e. The number of nitrogens with zero attached hydrogens (tertiary/aromatic N) is 1. The summed E-state index contributed by atoms with van der Waals surface area (Å²) in [7, 11) is 0. The van der Waals surface area contributed by atoms with Crippen LogP contribution in [0.4, 0.5) is 0 Å². The molecule has 0 bridgehead atoms. The van der Waals surface area contributed by atoms with Gasteiger partial charge in [0.2, 0.25) is 0 Å². The standard InChI is InChI=1S/C16H23NO4/c1-5-17(10-12(4)16(19)20)15(18)13-7-8-14(21-6-2)11(3)9-13/h7-9,12H,5-6,10H2,1-4H3,(H,19,20)/t12-/m0/s1. The number of carbonyl (C=O) groups excluding carboxylic acids is 1. The van der Waals surface area contributed by atoms with E-state index in [9.17, 15) is 9.59 Å². The topological polar surface area (TPSA) is 66.8 Å². The van der Waals surface area contributed by atoms with Gasteiger partial charge in [-0.2, -0.15) is 0 Å². The monoisotopic (exact) mass is 293 g/mol. The number of benzene rings is 1. The molecule has 0 radical (unpaired) electrons. The second kappa shape index (κ2) is 7.67. The fourth-order valence-electron chi connectivity index (χ4n) is 2.05. The van der Waals surface area contributed by atoms with Crippen molar-refractivity contribution in [2.45, 2.75) is 27.7 Å². The van der Waals surface area contributed by atoms with E-state index in [0.717, 1.165) is 11.3 Å². The van der Waals surface area contributed by atoms with Crippen LogP contribution in [0.1, 0.15) is 36.7 Å². The number of amides is 1. The Morgan fingerprint density at radius 1 is 1.33 bits per heavy atom. The Balaban J connectivity index is 2.90. The van der Waals surface area contributed by atoms with Crippen molar-refractivity contribution in [1.82, 2.24) is 4.90 Å². The Morgan fingerprint density at radius 2 is 2.00 bits per heavy atom. The van der Waals surface area contributed by atoms with Gasteiger partial charge in [-0.1, -0.05) is 6.92 Å². The van der Waals surface area contributed by atoms with Crippen molar-refractivity contribution < 1.29 is 19.4 Å². The molecule has 0 aliphatic rings. The van der Waals surface area contributed by atoms with Gasteiger partial charge in [-0.05, 0) is 44.5 Å². The number of hydrogen-bond donors (Lipinski definition) is 1. The van der Waals surface area contributed by atoms with Gasteiger partial charge >= 0.3 is 5.97 Å². The Kier molecular flexibility index (Phi) is 6.21. The summed E-state index contributed by atoms with van der Waals surface area (Å²) >= 11 is 0. The van der Waals surface area contributed by atoms with E-state index in [2.05, 4.69) is 0 Å². The molecule has 1 amide bonds. The first-order chi connectivity index (χ1) is 9.90. The number of ether oxygens (including phenoxy) is 1. The third-order valence-electron chi connectivity index (χ3n) is 3.31. The molecule has 1 N–H and O–H groups in total. The Morgan fingerprint density at radius 3 is 2.48 bits per heavy atom. The van der Waals surface area contributed by atoms with Crippen LogP contribution in [-0.2, 0) is 4.79 Å². The fraction of sp³-hybridized carbons (Fsp3) is 0.500. The smallest absolute Gasteiger partial charge is 0.308 e. The number of rotatable bonds is 7. The maximum absolute atomic E-state index is 12.4. The van der Waals surface area contributed by atoms with Crippen molar-refractivity contribution in [3.05, 3.63) is 29.3 Å². The Hall–Kier alpha value is -2.04. The lowest BCUT2D eigenvalue weighted by Gasteiger charge is -2.23. The zero-order chi connectivity index (χ0) is 16.0. The highest BCUT2D eigenvalue weighted by molar-refractivity contribution is 5.94. The quantitative estimate of drug-likeness (QED) is 0.839. The van der Waals surface area contributed by atoms with Crippen LogP contribution in [0.5, 0.6) is 5.75 Å². The minimum atomic E-state index is -0.899. The zero-order valence-corrected chi connectivity index (χ0v) is 13.0. The van der Waals surface area contributed by atoms with Gasteiger partial charge in [0.05, 0.1) is 12.5 Å². The summed E-state index contributed by atoms with van der Waals surface area (Å²) in [6, 6.07) is 5.27. The zero-order valence-electron chi connectivity index (χ0n) is 13.0. The molecular formula is C16H23NO4. The summed E-state index contributed by atoms with van der Waals surface area (Å²) in [6.45, 7) is 8.49. The Labute approximate surface area is 125 Å². The molecule has 1 aromatic rings. The molecule has 1 atom stereocenters. The molecule has 0 heterocycles. The van der Waals surface area contributed by atoms with Crippen molar-refractivity contribution >= 4 is 11.9 Å². The van der Waals surface area contributed by atoms with Crippen molar-refractivity contribution in [3.63, 3.8) is 0 Å². The number of hydrogen-bond acceptors (Lipinski definition) is 3. The third kappa shape index (κ3) is 4.48. The summed E-state index contributed by atoms with van der Waals surface area (Å²) in [6.07, 6.45) is 0. The number of aryl methyl sites for hydroxylation is 1. The van der Waals surface area contributed by atoms with E-state index in [1.54, 1.807) is 30.0 Å². The van der Waals surface area contributed by atoms with Gasteiger partial charge < -0.3 is 14.7 Å². The fourth-order valence-corrected chi connectivity index (χ4v) is 2.05. The van der Waals surface area contributed by atoms with E-state index in [-0.39, 0.29) is 12.5 Å². The molecule has 116 valence electrons. The van der Waals surface area contributed by atoms with E-state index >= 15 is 0 Å². The van der Waals surface area contributed by atoms with Crippen LogP contribution in [0.2, 0.25) is 0 Å². The molecule has 0 saturated carbocycles. The summed E-state index contributed by atoms with van der Waals surface area (Å²) in [5, 5.41) is 8.96. The second-order valence-electron chi connectivity index (χ2n) is 5.00. The maximum Gasteiger partial charge on any atom is 0.308 e. The lowest BCUT2D eigenvalue weighted by Crippen LogP contribution is -2.36. The maximum atomic E-state index is 12.4. The SMILES string of the molecule is CCOc1ccc(C(=O)N(CC)C[C@H](C)C(=O)O)cc1C. The molecule has 5 nitrogen and oxygen atoms in total. The van der Waals surface area contributed by atoms with E-state index in [1.807, 2.05) is 20.8 Å². The second-order valence-corrected chi connectivity index (χ2v) is 5.00. The minimum absolute atomic E-state index is 0.156. The molecule has 5 heteroatoms. The van der Waals surface area contributed by atoms with E-state index < -0.39 is 11.9 Å². The molecule has 1 aromatic carbocycles. The average Bonchev–Trinajstić information content (AvgIpc) is 2.45.